The van der Waals surface area contributed by atoms with Crippen molar-refractivity contribution in [1.29, 1.82) is 0 Å². The minimum atomic E-state index is 0.0130. The van der Waals surface area contributed by atoms with Gasteiger partial charge >= 0.3 is 0 Å². The summed E-state index contributed by atoms with van der Waals surface area (Å²) >= 11 is 0. The number of hydrogen-bond donors (Lipinski definition) is 0. The van der Waals surface area contributed by atoms with Crippen LogP contribution in [0.25, 0.3) is 0 Å². The van der Waals surface area contributed by atoms with Gasteiger partial charge in [-0.1, -0.05) is 18.2 Å². The van der Waals surface area contributed by atoms with Crippen molar-refractivity contribution in [1.82, 2.24) is 0 Å². The van der Waals surface area contributed by atoms with Crippen molar-refractivity contribution in [2.75, 3.05) is 7.11 Å². The molecular weight excluding hydrogens is 200 g/mol. The number of fused-ring (bicyclic) bond motifs is 1. The highest BCUT2D eigenvalue weighted by atomic mass is 16.5. The molecule has 0 aromatic carbocycles. The molecule has 0 N–H and O–H groups in total. The lowest BCUT2D eigenvalue weighted by Gasteiger charge is -2.40. The Balaban J connectivity index is 2.22. The van der Waals surface area contributed by atoms with Crippen LogP contribution in [0.15, 0.2) is 36.6 Å². The number of methoxy groups -OCH3 is 1. The molecule has 0 saturated carbocycles. The van der Waals surface area contributed by atoms with Gasteiger partial charge in [0.2, 0.25) is 0 Å². The van der Waals surface area contributed by atoms with Crippen LogP contribution in [0.1, 0.15) is 25.7 Å². The standard InChI is InChI=1S/C14H18O2/c1-16-11-5-10-14-8-3-2-6-12(14)13(15)7-4-9-14/h3-5,7-8,11-12H,2,6,9-10H2,1H3/b11-5+/t12-,14+/m1/s1. The molecule has 2 nitrogen and oxygen atoms in total. The molecule has 0 heterocycles. The number of ether oxygens (including phenoxy) is 1. The monoisotopic (exact) mass is 218 g/mol. The fourth-order valence-corrected chi connectivity index (χ4v) is 2.79. The van der Waals surface area contributed by atoms with Gasteiger partial charge in [-0.3, -0.25) is 4.79 Å². The van der Waals surface area contributed by atoms with Gasteiger partial charge in [0, 0.05) is 11.3 Å². The Bertz CT molecular complexity index is 352. The van der Waals surface area contributed by atoms with E-state index in [9.17, 15) is 4.79 Å². The molecule has 2 aliphatic rings. The van der Waals surface area contributed by atoms with Crippen LogP contribution < -0.4 is 0 Å². The molecule has 0 radical (unpaired) electrons. The molecule has 0 spiro atoms. The van der Waals surface area contributed by atoms with Gasteiger partial charge in [-0.25, -0.2) is 0 Å². The SMILES string of the molecule is CO/C=C/C[C@@]12C=CCC[C@@H]1C(=O)C=CC2. The number of allylic oxidation sites excluding steroid dienone is 5. The number of rotatable bonds is 3. The first-order valence-electron chi connectivity index (χ1n) is 5.84. The molecule has 0 aliphatic heterocycles. The van der Waals surface area contributed by atoms with Crippen molar-refractivity contribution in [2.45, 2.75) is 25.7 Å². The van der Waals surface area contributed by atoms with Crippen molar-refractivity contribution in [3.8, 4) is 0 Å². The average Bonchev–Trinajstić information content (AvgIpc) is 2.30. The second-order valence-electron chi connectivity index (χ2n) is 4.59. The lowest BCUT2D eigenvalue weighted by atomic mass is 9.62. The fourth-order valence-electron chi connectivity index (χ4n) is 2.79. The Morgan fingerprint density at radius 2 is 2.44 bits per heavy atom. The third-order valence-corrected chi connectivity index (χ3v) is 3.62. The Labute approximate surface area is 96.7 Å². The van der Waals surface area contributed by atoms with Gasteiger partial charge in [-0.2, -0.15) is 0 Å². The maximum absolute atomic E-state index is 11.9. The number of hydrogen-bond acceptors (Lipinski definition) is 2. The fraction of sp³-hybridized carbons (Fsp3) is 0.500. The predicted molar refractivity (Wildman–Crippen MR) is 63.8 cm³/mol. The Kier molecular flexibility index (Phi) is 3.28. The van der Waals surface area contributed by atoms with E-state index in [0.717, 1.165) is 25.7 Å². The third-order valence-electron chi connectivity index (χ3n) is 3.62. The summed E-state index contributed by atoms with van der Waals surface area (Å²) in [5, 5.41) is 0. The maximum atomic E-state index is 11.9. The molecule has 2 atom stereocenters. The molecule has 0 fully saturated rings. The minimum absolute atomic E-state index is 0.0130. The quantitative estimate of drug-likeness (QED) is 0.537. The first-order chi connectivity index (χ1) is 7.78. The van der Waals surface area contributed by atoms with E-state index >= 15 is 0 Å². The largest absolute Gasteiger partial charge is 0.505 e. The molecule has 0 unspecified atom stereocenters. The second kappa shape index (κ2) is 4.69. The third kappa shape index (κ3) is 1.97. The van der Waals surface area contributed by atoms with Gasteiger partial charge in [0.05, 0.1) is 13.4 Å². The highest BCUT2D eigenvalue weighted by Gasteiger charge is 2.41. The van der Waals surface area contributed by atoms with Gasteiger partial charge in [-0.05, 0) is 37.8 Å². The molecule has 0 aromatic heterocycles. The summed E-state index contributed by atoms with van der Waals surface area (Å²) in [4.78, 5) is 11.9. The van der Waals surface area contributed by atoms with E-state index in [4.69, 9.17) is 4.74 Å². The van der Waals surface area contributed by atoms with Crippen molar-refractivity contribution in [2.24, 2.45) is 11.3 Å². The molecule has 86 valence electrons. The highest BCUT2D eigenvalue weighted by molar-refractivity contribution is 5.93. The first kappa shape index (κ1) is 11.2. The molecule has 2 aliphatic carbocycles. The van der Waals surface area contributed by atoms with E-state index in [-0.39, 0.29) is 11.3 Å². The lowest BCUT2D eigenvalue weighted by molar-refractivity contribution is -0.122. The van der Waals surface area contributed by atoms with Crippen LogP contribution in [-0.2, 0) is 9.53 Å². The predicted octanol–water partition coefficient (Wildman–Crippen LogP) is 3.02. The van der Waals surface area contributed by atoms with E-state index in [1.54, 1.807) is 19.4 Å². The van der Waals surface area contributed by atoms with Crippen LogP contribution in [0.4, 0.5) is 0 Å². The zero-order valence-corrected chi connectivity index (χ0v) is 9.69. The molecule has 0 aromatic rings. The summed E-state index contributed by atoms with van der Waals surface area (Å²) in [5.41, 5.74) is 0.0130. The molecule has 16 heavy (non-hydrogen) atoms. The lowest BCUT2D eigenvalue weighted by Crippen LogP contribution is -2.37. The Hall–Kier alpha value is -1.31. The van der Waals surface area contributed by atoms with Gasteiger partial charge in [0.15, 0.2) is 5.78 Å². The minimum Gasteiger partial charge on any atom is -0.505 e. The van der Waals surface area contributed by atoms with Crippen molar-refractivity contribution >= 4 is 5.78 Å². The summed E-state index contributed by atoms with van der Waals surface area (Å²) in [6.07, 6.45) is 15.8. The molecule has 0 bridgehead atoms. The zero-order valence-electron chi connectivity index (χ0n) is 9.69. The van der Waals surface area contributed by atoms with Gasteiger partial charge in [0.1, 0.15) is 0 Å². The second-order valence-corrected chi connectivity index (χ2v) is 4.59. The summed E-state index contributed by atoms with van der Waals surface area (Å²) in [6.45, 7) is 0. The summed E-state index contributed by atoms with van der Waals surface area (Å²) in [7, 11) is 1.65. The number of ketones is 1. The van der Waals surface area contributed by atoms with Crippen LogP contribution in [0, 0.1) is 11.3 Å². The maximum Gasteiger partial charge on any atom is 0.159 e. The Morgan fingerprint density at radius 1 is 1.56 bits per heavy atom. The van der Waals surface area contributed by atoms with E-state index in [0.29, 0.717) is 5.78 Å². The summed E-state index contributed by atoms with van der Waals surface area (Å²) < 4.78 is 4.93. The van der Waals surface area contributed by atoms with E-state index in [2.05, 4.69) is 12.2 Å². The Morgan fingerprint density at radius 3 is 3.25 bits per heavy atom. The van der Waals surface area contributed by atoms with Gasteiger partial charge in [-0.15, -0.1) is 0 Å². The zero-order chi connectivity index (χ0) is 11.4. The molecular formula is C14H18O2. The summed E-state index contributed by atoms with van der Waals surface area (Å²) in [5.74, 6) is 0.463. The molecule has 0 saturated heterocycles. The van der Waals surface area contributed by atoms with Crippen LogP contribution in [0.3, 0.4) is 0 Å². The first-order valence-corrected chi connectivity index (χ1v) is 5.84. The van der Waals surface area contributed by atoms with Crippen LogP contribution in [-0.4, -0.2) is 12.9 Å². The van der Waals surface area contributed by atoms with Crippen LogP contribution >= 0.6 is 0 Å². The molecule has 2 rings (SSSR count). The average molecular weight is 218 g/mol. The van der Waals surface area contributed by atoms with Crippen LogP contribution in [0.5, 0.6) is 0 Å². The smallest absolute Gasteiger partial charge is 0.159 e. The highest BCUT2D eigenvalue weighted by Crippen LogP contribution is 2.46. The van der Waals surface area contributed by atoms with E-state index in [1.807, 2.05) is 12.2 Å². The van der Waals surface area contributed by atoms with Gasteiger partial charge < -0.3 is 4.74 Å². The molecule has 2 heteroatoms. The van der Waals surface area contributed by atoms with Crippen molar-refractivity contribution in [3.05, 3.63) is 36.6 Å². The van der Waals surface area contributed by atoms with Crippen molar-refractivity contribution in [3.63, 3.8) is 0 Å². The van der Waals surface area contributed by atoms with Crippen LogP contribution in [0.2, 0.25) is 0 Å². The summed E-state index contributed by atoms with van der Waals surface area (Å²) in [6, 6.07) is 0. The molecule has 0 amide bonds. The number of carbonyl (C=O) groups is 1. The number of carbonyl (C=O) groups excluding carboxylic acids is 1. The van der Waals surface area contributed by atoms with E-state index < -0.39 is 0 Å². The topological polar surface area (TPSA) is 26.3 Å². The normalized spacial score (nSPS) is 33.1. The van der Waals surface area contributed by atoms with Crippen molar-refractivity contribution < 1.29 is 9.53 Å². The van der Waals surface area contributed by atoms with E-state index in [1.165, 1.54) is 0 Å². The van der Waals surface area contributed by atoms with Gasteiger partial charge in [0.25, 0.3) is 0 Å².